The topological polar surface area (TPSA) is 136 Å². The first-order valence-electron chi connectivity index (χ1n) is 19.0. The second-order valence-electron chi connectivity index (χ2n) is 14.3. The van der Waals surface area contributed by atoms with Crippen LogP contribution >= 0.6 is 23.2 Å². The summed E-state index contributed by atoms with van der Waals surface area (Å²) in [6.07, 6.45) is 7.25. The van der Waals surface area contributed by atoms with Crippen LogP contribution in [-0.2, 0) is 42.1 Å². The molecular formula is C43H42Cl2F2N8O3. The van der Waals surface area contributed by atoms with Gasteiger partial charge in [0.15, 0.2) is 11.6 Å². The van der Waals surface area contributed by atoms with Crippen LogP contribution in [-0.4, -0.2) is 62.5 Å². The van der Waals surface area contributed by atoms with Gasteiger partial charge in [-0.05, 0) is 79.0 Å². The van der Waals surface area contributed by atoms with Crippen molar-refractivity contribution in [3.05, 3.63) is 153 Å². The lowest BCUT2D eigenvalue weighted by Crippen LogP contribution is -2.55. The van der Waals surface area contributed by atoms with E-state index in [1.165, 1.54) is 12.4 Å². The van der Waals surface area contributed by atoms with E-state index in [0.717, 1.165) is 72.2 Å². The van der Waals surface area contributed by atoms with Crippen molar-refractivity contribution in [2.24, 2.45) is 0 Å². The summed E-state index contributed by atoms with van der Waals surface area (Å²) >= 11 is 13.2. The Morgan fingerprint density at radius 1 is 0.793 bits per heavy atom. The van der Waals surface area contributed by atoms with E-state index in [4.69, 9.17) is 23.2 Å². The second kappa shape index (κ2) is 18.7. The summed E-state index contributed by atoms with van der Waals surface area (Å²) in [6, 6.07) is 20.4. The largest absolute Gasteiger partial charge is 0.350 e. The average molecular weight is 828 g/mol. The van der Waals surface area contributed by atoms with E-state index in [2.05, 4.69) is 46.9 Å². The predicted octanol–water partition coefficient (Wildman–Crippen LogP) is 7.37. The highest BCUT2D eigenvalue weighted by Crippen LogP contribution is 2.31. The number of carbonyl (C=O) groups excluding carboxylic acids is 3. The van der Waals surface area contributed by atoms with E-state index in [1.54, 1.807) is 30.5 Å². The van der Waals surface area contributed by atoms with Crippen molar-refractivity contribution in [2.75, 3.05) is 18.4 Å². The Balaban J connectivity index is 1.13. The van der Waals surface area contributed by atoms with Crippen LogP contribution in [0.25, 0.3) is 10.9 Å². The maximum atomic E-state index is 14.3. The first-order chi connectivity index (χ1) is 28.1. The molecule has 300 valence electrons. The molecule has 58 heavy (non-hydrogen) atoms. The molecule has 0 bridgehead atoms. The minimum atomic E-state index is -1.31. The fourth-order valence-electron chi connectivity index (χ4n) is 7.18. The molecule has 2 atom stereocenters. The molecule has 0 unspecified atom stereocenters. The number of urea groups is 1. The molecule has 4 amide bonds. The van der Waals surface area contributed by atoms with Crippen LogP contribution in [0.2, 0.25) is 10.0 Å². The van der Waals surface area contributed by atoms with Crippen molar-refractivity contribution in [1.29, 1.82) is 0 Å². The molecule has 1 saturated heterocycles. The zero-order chi connectivity index (χ0) is 40.6. The Morgan fingerprint density at radius 3 is 2.28 bits per heavy atom. The number of benzene rings is 4. The van der Waals surface area contributed by atoms with Crippen LogP contribution in [0.1, 0.15) is 40.8 Å². The van der Waals surface area contributed by atoms with Crippen LogP contribution in [0.4, 0.5) is 19.3 Å². The Bertz CT molecular complexity index is 2370. The number of nitrogens with one attached hydrogen (secondary N) is 5. The summed E-state index contributed by atoms with van der Waals surface area (Å²) in [7, 11) is 0. The number of hydrogen-bond acceptors (Lipinski definition) is 5. The predicted molar refractivity (Wildman–Crippen MR) is 221 cm³/mol. The highest BCUT2D eigenvalue weighted by atomic mass is 35.5. The molecule has 6 aromatic rings. The van der Waals surface area contributed by atoms with Crippen molar-refractivity contribution in [2.45, 2.75) is 57.4 Å². The second-order valence-corrected chi connectivity index (χ2v) is 15.2. The molecule has 0 aliphatic carbocycles. The average Bonchev–Trinajstić information content (AvgIpc) is 4.00. The lowest BCUT2D eigenvalue weighted by Gasteiger charge is -2.23. The van der Waals surface area contributed by atoms with Crippen molar-refractivity contribution < 1.29 is 23.2 Å². The summed E-state index contributed by atoms with van der Waals surface area (Å²) in [5, 5.41) is 13.2. The summed E-state index contributed by atoms with van der Waals surface area (Å²) in [6.45, 7) is 3.40. The fourth-order valence-corrected chi connectivity index (χ4v) is 7.70. The van der Waals surface area contributed by atoms with Gasteiger partial charge in [0.2, 0.25) is 11.8 Å². The molecule has 1 aliphatic heterocycles. The standard InChI is InChI=1S/C43H42Cl2F2N8O3/c44-34-9-6-10-35(45)33(34)25-55-24-29(23-54-15-4-5-16-54)32-13-12-30(20-40(32)55)51-43(58)53-38(18-28-11-14-36(46)37(47)17-28)42(57)52-39(19-31-22-48-26-50-31)41(56)49-21-27-7-2-1-3-8-27/h1-3,6-14,17,20,22,24,26,38-39H,4-5,15-16,18-19,21,23,25H2,(H,48,50)(H,49,56)(H,52,57)(H2,51,53,58)/t38-,39-/m0/s1. The molecule has 1 aliphatic rings. The number of imidazole rings is 1. The van der Waals surface area contributed by atoms with Crippen molar-refractivity contribution in [3.63, 3.8) is 0 Å². The van der Waals surface area contributed by atoms with E-state index in [1.807, 2.05) is 42.5 Å². The number of H-pyrrole nitrogens is 1. The molecular weight excluding hydrogens is 785 g/mol. The monoisotopic (exact) mass is 826 g/mol. The quantitative estimate of drug-likeness (QED) is 0.0737. The number of amides is 4. The zero-order valence-corrected chi connectivity index (χ0v) is 32.9. The smallest absolute Gasteiger partial charge is 0.319 e. The normalized spacial score (nSPS) is 13.9. The Morgan fingerprint density at radius 2 is 1.55 bits per heavy atom. The lowest BCUT2D eigenvalue weighted by atomic mass is 10.0. The number of fused-ring (bicyclic) bond motifs is 1. The summed E-state index contributed by atoms with van der Waals surface area (Å²) in [4.78, 5) is 50.7. The van der Waals surface area contributed by atoms with Crippen LogP contribution in [0.15, 0.2) is 104 Å². The number of carbonyl (C=O) groups is 3. The van der Waals surface area contributed by atoms with Gasteiger partial charge in [0.05, 0.1) is 18.4 Å². The number of halogens is 4. The van der Waals surface area contributed by atoms with Gasteiger partial charge in [0.25, 0.3) is 0 Å². The van der Waals surface area contributed by atoms with Gasteiger partial charge in [-0.1, -0.05) is 71.7 Å². The molecule has 0 saturated carbocycles. The van der Waals surface area contributed by atoms with Gasteiger partial charge in [-0.15, -0.1) is 0 Å². The third-order valence-corrected chi connectivity index (χ3v) is 10.9. The molecule has 1 fully saturated rings. The SMILES string of the molecule is O=C(Nc1ccc2c(CN3CCCC3)cn(Cc3c(Cl)cccc3Cl)c2c1)N[C@@H](Cc1ccc(F)c(F)c1)C(=O)N[C@@H](Cc1cnc[nH]1)C(=O)NCc1ccccc1. The van der Waals surface area contributed by atoms with Gasteiger partial charge >= 0.3 is 6.03 Å². The minimum absolute atomic E-state index is 0.0648. The van der Waals surface area contributed by atoms with Gasteiger partial charge in [-0.25, -0.2) is 18.6 Å². The summed E-state index contributed by atoms with van der Waals surface area (Å²) in [5.41, 5.74) is 4.85. The van der Waals surface area contributed by atoms with E-state index in [0.29, 0.717) is 28.0 Å². The molecule has 5 N–H and O–H groups in total. The van der Waals surface area contributed by atoms with E-state index < -0.39 is 41.6 Å². The van der Waals surface area contributed by atoms with E-state index in [9.17, 15) is 23.2 Å². The Hall–Kier alpha value is -5.76. The van der Waals surface area contributed by atoms with Crippen molar-refractivity contribution in [1.82, 2.24) is 35.4 Å². The zero-order valence-electron chi connectivity index (χ0n) is 31.4. The minimum Gasteiger partial charge on any atom is -0.350 e. The molecule has 7 rings (SSSR count). The van der Waals surface area contributed by atoms with E-state index >= 15 is 0 Å². The highest BCUT2D eigenvalue weighted by Gasteiger charge is 2.28. The third-order valence-electron chi connectivity index (χ3n) is 10.2. The van der Waals surface area contributed by atoms with Crippen LogP contribution < -0.4 is 21.3 Å². The maximum absolute atomic E-state index is 14.3. The molecule has 0 spiro atoms. The maximum Gasteiger partial charge on any atom is 0.319 e. The molecule has 15 heteroatoms. The number of rotatable bonds is 15. The molecule has 2 aromatic heterocycles. The van der Waals surface area contributed by atoms with E-state index in [-0.39, 0.29) is 24.9 Å². The summed E-state index contributed by atoms with van der Waals surface area (Å²) < 4.78 is 30.3. The first kappa shape index (κ1) is 40.4. The summed E-state index contributed by atoms with van der Waals surface area (Å²) in [5.74, 6) is -3.34. The van der Waals surface area contributed by atoms with Crippen LogP contribution in [0, 0.1) is 11.6 Å². The van der Waals surface area contributed by atoms with Gasteiger partial charge in [0, 0.05) is 70.7 Å². The van der Waals surface area contributed by atoms with Crippen LogP contribution in [0.5, 0.6) is 0 Å². The van der Waals surface area contributed by atoms with Gasteiger partial charge in [-0.2, -0.15) is 0 Å². The Kier molecular flexibility index (Phi) is 13.0. The number of aromatic nitrogens is 3. The van der Waals surface area contributed by atoms with Crippen LogP contribution in [0.3, 0.4) is 0 Å². The molecule has 11 nitrogen and oxygen atoms in total. The van der Waals surface area contributed by atoms with Crippen molar-refractivity contribution in [3.8, 4) is 0 Å². The molecule has 3 heterocycles. The number of hydrogen-bond donors (Lipinski definition) is 5. The molecule has 4 aromatic carbocycles. The van der Waals surface area contributed by atoms with Gasteiger partial charge in [-0.3, -0.25) is 14.5 Å². The van der Waals surface area contributed by atoms with Gasteiger partial charge in [0.1, 0.15) is 12.1 Å². The third kappa shape index (κ3) is 10.2. The fraction of sp³-hybridized carbons (Fsp3) is 0.256. The lowest BCUT2D eigenvalue weighted by molar-refractivity contribution is -0.130. The number of likely N-dealkylation sites (tertiary alicyclic amines) is 1. The molecule has 0 radical (unpaired) electrons. The first-order valence-corrected chi connectivity index (χ1v) is 19.7. The number of nitrogens with zero attached hydrogens (tertiary/aromatic N) is 3. The number of aromatic amines is 1. The number of anilines is 1. The van der Waals surface area contributed by atoms with Crippen molar-refractivity contribution >= 4 is 57.6 Å². The van der Waals surface area contributed by atoms with Gasteiger partial charge < -0.3 is 30.8 Å². The Labute approximate surface area is 344 Å². The highest BCUT2D eigenvalue weighted by molar-refractivity contribution is 6.36.